The average Bonchev–Trinajstić information content (AvgIpc) is 2.71. The smallest absolute Gasteiger partial charge is 0.261 e. The Bertz CT molecular complexity index is 564. The van der Waals surface area contributed by atoms with Gasteiger partial charge in [-0.1, -0.05) is 17.7 Å². The van der Waals surface area contributed by atoms with E-state index >= 15 is 0 Å². The van der Waals surface area contributed by atoms with Crippen LogP contribution < -0.4 is 11.1 Å². The summed E-state index contributed by atoms with van der Waals surface area (Å²) in [5.74, 6) is -0.0798. The van der Waals surface area contributed by atoms with Gasteiger partial charge in [0.25, 0.3) is 5.91 Å². The topological polar surface area (TPSA) is 83.8 Å². The van der Waals surface area contributed by atoms with E-state index in [1.807, 2.05) is 6.92 Å². The van der Waals surface area contributed by atoms with Gasteiger partial charge in [-0.15, -0.1) is 0 Å². The summed E-state index contributed by atoms with van der Waals surface area (Å²) in [6.07, 6.45) is 1.38. The number of aromatic nitrogens is 2. The Balaban J connectivity index is 2.25. The SMILES string of the molecule is Cc1c(Cl)cccc1NC(=O)c1cn[nH]c1N. The van der Waals surface area contributed by atoms with Gasteiger partial charge >= 0.3 is 0 Å². The number of nitrogen functional groups attached to an aromatic ring is 1. The molecule has 0 spiro atoms. The van der Waals surface area contributed by atoms with Crippen molar-refractivity contribution in [3.8, 4) is 0 Å². The largest absolute Gasteiger partial charge is 0.383 e. The van der Waals surface area contributed by atoms with Gasteiger partial charge in [-0.25, -0.2) is 0 Å². The van der Waals surface area contributed by atoms with Crippen molar-refractivity contribution in [2.45, 2.75) is 6.92 Å². The van der Waals surface area contributed by atoms with E-state index in [1.54, 1.807) is 18.2 Å². The summed E-state index contributed by atoms with van der Waals surface area (Å²) in [5, 5.41) is 9.52. The molecule has 0 unspecified atom stereocenters. The number of hydrogen-bond donors (Lipinski definition) is 3. The van der Waals surface area contributed by atoms with E-state index in [1.165, 1.54) is 6.20 Å². The van der Waals surface area contributed by atoms with Crippen LogP contribution in [0.15, 0.2) is 24.4 Å². The van der Waals surface area contributed by atoms with E-state index < -0.39 is 0 Å². The van der Waals surface area contributed by atoms with Crippen molar-refractivity contribution in [2.24, 2.45) is 0 Å². The highest BCUT2D eigenvalue weighted by molar-refractivity contribution is 6.31. The molecule has 0 fully saturated rings. The van der Waals surface area contributed by atoms with Crippen LogP contribution in [0.2, 0.25) is 5.02 Å². The third-order valence-corrected chi connectivity index (χ3v) is 2.84. The van der Waals surface area contributed by atoms with E-state index in [0.29, 0.717) is 16.3 Å². The average molecular weight is 251 g/mol. The first-order chi connectivity index (χ1) is 8.09. The van der Waals surface area contributed by atoms with E-state index in [2.05, 4.69) is 15.5 Å². The van der Waals surface area contributed by atoms with Gasteiger partial charge in [0.1, 0.15) is 11.4 Å². The minimum atomic E-state index is -0.318. The van der Waals surface area contributed by atoms with Gasteiger partial charge in [0.15, 0.2) is 0 Å². The van der Waals surface area contributed by atoms with Gasteiger partial charge in [0, 0.05) is 10.7 Å². The van der Waals surface area contributed by atoms with E-state index in [0.717, 1.165) is 5.56 Å². The lowest BCUT2D eigenvalue weighted by atomic mass is 10.2. The first kappa shape index (κ1) is 11.5. The van der Waals surface area contributed by atoms with Gasteiger partial charge in [-0.3, -0.25) is 9.89 Å². The minimum absolute atomic E-state index is 0.238. The van der Waals surface area contributed by atoms with Crippen LogP contribution in [0, 0.1) is 6.92 Å². The van der Waals surface area contributed by atoms with Gasteiger partial charge in [0.2, 0.25) is 0 Å². The number of amides is 1. The fourth-order valence-corrected chi connectivity index (χ4v) is 1.58. The van der Waals surface area contributed by atoms with E-state index in [-0.39, 0.29) is 11.7 Å². The molecule has 0 aliphatic carbocycles. The number of anilines is 2. The molecule has 5 nitrogen and oxygen atoms in total. The van der Waals surface area contributed by atoms with E-state index in [4.69, 9.17) is 17.3 Å². The molecule has 0 aliphatic rings. The Kier molecular flexibility index (Phi) is 3.01. The molecule has 0 radical (unpaired) electrons. The zero-order valence-electron chi connectivity index (χ0n) is 9.12. The number of benzene rings is 1. The Morgan fingerprint density at radius 3 is 2.94 bits per heavy atom. The number of nitrogens with two attached hydrogens (primary N) is 1. The van der Waals surface area contributed by atoms with Crippen LogP contribution in [-0.2, 0) is 0 Å². The molecule has 0 atom stereocenters. The molecule has 6 heteroatoms. The van der Waals surface area contributed by atoms with Crippen LogP contribution in [0.4, 0.5) is 11.5 Å². The summed E-state index contributed by atoms with van der Waals surface area (Å²) in [6, 6.07) is 5.30. The summed E-state index contributed by atoms with van der Waals surface area (Å²) in [5.41, 5.74) is 7.33. The maximum absolute atomic E-state index is 11.9. The molecular weight excluding hydrogens is 240 g/mol. The van der Waals surface area contributed by atoms with Crippen molar-refractivity contribution in [2.75, 3.05) is 11.1 Å². The molecular formula is C11H11ClN4O. The molecule has 17 heavy (non-hydrogen) atoms. The lowest BCUT2D eigenvalue weighted by molar-refractivity contribution is 0.102. The molecule has 1 amide bonds. The number of hydrogen-bond acceptors (Lipinski definition) is 3. The molecule has 0 aliphatic heterocycles. The summed E-state index contributed by atoms with van der Waals surface area (Å²) in [6.45, 7) is 1.83. The van der Waals surface area contributed by atoms with Crippen molar-refractivity contribution in [1.82, 2.24) is 10.2 Å². The van der Waals surface area contributed by atoms with Crippen LogP contribution in [0.3, 0.4) is 0 Å². The van der Waals surface area contributed by atoms with Crippen molar-refractivity contribution in [1.29, 1.82) is 0 Å². The summed E-state index contributed by atoms with van der Waals surface area (Å²) < 4.78 is 0. The summed E-state index contributed by atoms with van der Waals surface area (Å²) in [7, 11) is 0. The number of rotatable bonds is 2. The molecule has 4 N–H and O–H groups in total. The highest BCUT2D eigenvalue weighted by Crippen LogP contribution is 2.23. The van der Waals surface area contributed by atoms with Crippen LogP contribution in [-0.4, -0.2) is 16.1 Å². The molecule has 1 aromatic carbocycles. The Labute approximate surface area is 103 Å². The Morgan fingerprint density at radius 1 is 1.53 bits per heavy atom. The molecule has 1 heterocycles. The number of nitrogens with zero attached hydrogens (tertiary/aromatic N) is 1. The lowest BCUT2D eigenvalue weighted by Crippen LogP contribution is -2.13. The number of aromatic amines is 1. The number of nitrogens with one attached hydrogen (secondary N) is 2. The minimum Gasteiger partial charge on any atom is -0.383 e. The molecule has 2 rings (SSSR count). The quantitative estimate of drug-likeness (QED) is 0.764. The number of carbonyl (C=O) groups excluding carboxylic acids is 1. The normalized spacial score (nSPS) is 10.2. The van der Waals surface area contributed by atoms with Gasteiger partial charge in [-0.2, -0.15) is 5.10 Å². The molecule has 1 aromatic heterocycles. The second-order valence-electron chi connectivity index (χ2n) is 3.56. The van der Waals surface area contributed by atoms with Gasteiger partial charge < -0.3 is 11.1 Å². The third kappa shape index (κ3) is 2.24. The Hall–Kier alpha value is -2.01. The maximum Gasteiger partial charge on any atom is 0.261 e. The third-order valence-electron chi connectivity index (χ3n) is 2.43. The van der Waals surface area contributed by atoms with Crippen LogP contribution in [0.25, 0.3) is 0 Å². The first-order valence-electron chi connectivity index (χ1n) is 4.95. The fraction of sp³-hybridized carbons (Fsp3) is 0.0909. The predicted octanol–water partition coefficient (Wildman–Crippen LogP) is 2.21. The highest BCUT2D eigenvalue weighted by Gasteiger charge is 2.13. The maximum atomic E-state index is 11.9. The molecule has 88 valence electrons. The zero-order chi connectivity index (χ0) is 12.4. The fourth-order valence-electron chi connectivity index (χ4n) is 1.41. The van der Waals surface area contributed by atoms with Crippen molar-refractivity contribution in [3.05, 3.63) is 40.5 Å². The number of halogens is 1. The number of H-pyrrole nitrogens is 1. The highest BCUT2D eigenvalue weighted by atomic mass is 35.5. The predicted molar refractivity (Wildman–Crippen MR) is 67.1 cm³/mol. The summed E-state index contributed by atoms with van der Waals surface area (Å²) in [4.78, 5) is 11.9. The van der Waals surface area contributed by atoms with Gasteiger partial charge in [0.05, 0.1) is 6.20 Å². The molecule has 0 saturated heterocycles. The standard InChI is InChI=1S/C11H11ClN4O/c1-6-8(12)3-2-4-9(6)15-11(17)7-5-14-16-10(7)13/h2-5H,1H3,(H,15,17)(H3,13,14,16). The monoisotopic (exact) mass is 250 g/mol. The summed E-state index contributed by atoms with van der Waals surface area (Å²) >= 11 is 5.96. The van der Waals surface area contributed by atoms with E-state index in [9.17, 15) is 4.79 Å². The Morgan fingerprint density at radius 2 is 2.29 bits per heavy atom. The van der Waals surface area contributed by atoms with Crippen molar-refractivity contribution < 1.29 is 4.79 Å². The first-order valence-corrected chi connectivity index (χ1v) is 5.32. The zero-order valence-corrected chi connectivity index (χ0v) is 9.88. The molecule has 0 saturated carbocycles. The molecule has 0 bridgehead atoms. The van der Waals surface area contributed by atoms with Crippen LogP contribution in [0.5, 0.6) is 0 Å². The van der Waals surface area contributed by atoms with Crippen LogP contribution in [0.1, 0.15) is 15.9 Å². The van der Waals surface area contributed by atoms with Crippen molar-refractivity contribution in [3.63, 3.8) is 0 Å². The lowest BCUT2D eigenvalue weighted by Gasteiger charge is -2.08. The van der Waals surface area contributed by atoms with Crippen LogP contribution >= 0.6 is 11.6 Å². The van der Waals surface area contributed by atoms with Gasteiger partial charge in [-0.05, 0) is 24.6 Å². The second-order valence-corrected chi connectivity index (χ2v) is 3.97. The molecule has 2 aromatic rings. The second kappa shape index (κ2) is 4.47. The van der Waals surface area contributed by atoms with Crippen molar-refractivity contribution >= 4 is 29.0 Å². The number of carbonyl (C=O) groups is 1.